The minimum atomic E-state index is -1.09. The van der Waals surface area contributed by atoms with Crippen LogP contribution in [0.1, 0.15) is 54.4 Å². The number of nitrogens with one attached hydrogen (secondary N) is 1. The van der Waals surface area contributed by atoms with E-state index in [0.717, 1.165) is 30.6 Å². The topological polar surface area (TPSA) is 108 Å². The number of fused-ring (bicyclic) bond motifs is 2. The van der Waals surface area contributed by atoms with Gasteiger partial charge in [-0.1, -0.05) is 11.6 Å². The smallest absolute Gasteiger partial charge is 0.261 e. The third-order valence-corrected chi connectivity index (χ3v) is 8.39. The van der Waals surface area contributed by atoms with E-state index in [1.807, 2.05) is 12.1 Å². The summed E-state index contributed by atoms with van der Waals surface area (Å²) in [5, 5.41) is 15.0. The zero-order chi connectivity index (χ0) is 28.3. The van der Waals surface area contributed by atoms with E-state index in [2.05, 4.69) is 10.3 Å². The fraction of sp³-hybridized carbons (Fsp3) is 0.448. The molecule has 0 radical (unpaired) electrons. The molecule has 0 spiro atoms. The summed E-state index contributed by atoms with van der Waals surface area (Å²) in [6.07, 6.45) is 5.80. The lowest BCUT2D eigenvalue weighted by molar-refractivity contribution is -0.136. The third-order valence-electron chi connectivity index (χ3n) is 7.81. The Kier molecular flexibility index (Phi) is 8.63. The summed E-state index contributed by atoms with van der Waals surface area (Å²) in [6.45, 7) is 2.27. The lowest BCUT2D eigenvalue weighted by Crippen LogP contribution is -2.49. The van der Waals surface area contributed by atoms with Crippen LogP contribution in [0.5, 0.6) is 0 Å². The lowest BCUT2D eigenvalue weighted by atomic mass is 9.91. The van der Waals surface area contributed by atoms with Crippen LogP contribution in [0.4, 0.5) is 5.69 Å². The first kappa shape index (κ1) is 28.4. The van der Waals surface area contributed by atoms with Crippen LogP contribution in [0.3, 0.4) is 0 Å². The van der Waals surface area contributed by atoms with Crippen LogP contribution in [-0.2, 0) is 17.8 Å². The largest absolute Gasteiger partial charge is 0.388 e. The molecule has 11 heteroatoms. The highest BCUT2D eigenvalue weighted by Crippen LogP contribution is 2.29. The first-order chi connectivity index (χ1) is 19.2. The molecule has 0 aliphatic carbocycles. The van der Waals surface area contributed by atoms with Crippen LogP contribution >= 0.6 is 23.4 Å². The Morgan fingerprint density at radius 1 is 1.07 bits per heavy atom. The number of amides is 2. The zero-order valence-electron chi connectivity index (χ0n) is 22.2. The van der Waals surface area contributed by atoms with E-state index in [9.17, 15) is 19.5 Å². The van der Waals surface area contributed by atoms with Gasteiger partial charge in [-0.25, -0.2) is 4.98 Å². The van der Waals surface area contributed by atoms with Crippen molar-refractivity contribution in [3.05, 3.63) is 69.2 Å². The maximum absolute atomic E-state index is 12.9. The Morgan fingerprint density at radius 2 is 1.88 bits per heavy atom. The Balaban J connectivity index is 1.04. The van der Waals surface area contributed by atoms with Crippen molar-refractivity contribution in [2.75, 3.05) is 30.6 Å². The molecule has 3 heterocycles. The van der Waals surface area contributed by atoms with Gasteiger partial charge in [0.2, 0.25) is 5.91 Å². The minimum absolute atomic E-state index is 0.0371. The van der Waals surface area contributed by atoms with E-state index in [1.54, 1.807) is 33.6 Å². The van der Waals surface area contributed by atoms with E-state index in [1.165, 1.54) is 10.9 Å². The molecule has 40 heavy (non-hydrogen) atoms. The number of carbonyl (C=O) groups is 2. The van der Waals surface area contributed by atoms with Gasteiger partial charge in [-0.15, -0.1) is 0 Å². The van der Waals surface area contributed by atoms with Gasteiger partial charge in [0.1, 0.15) is 0 Å². The normalized spacial score (nSPS) is 16.6. The van der Waals surface area contributed by atoms with Gasteiger partial charge in [-0.2, -0.15) is 0 Å². The predicted molar refractivity (Wildman–Crippen MR) is 156 cm³/mol. The van der Waals surface area contributed by atoms with Gasteiger partial charge >= 0.3 is 0 Å². The van der Waals surface area contributed by atoms with E-state index in [0.29, 0.717) is 73.2 Å². The van der Waals surface area contributed by atoms with Crippen molar-refractivity contribution in [1.29, 1.82) is 0 Å². The van der Waals surface area contributed by atoms with Crippen LogP contribution in [0.2, 0.25) is 5.02 Å². The Morgan fingerprint density at radius 3 is 2.67 bits per heavy atom. The second kappa shape index (κ2) is 12.2. The molecule has 2 N–H and O–H groups in total. The van der Waals surface area contributed by atoms with Gasteiger partial charge < -0.3 is 15.3 Å². The summed E-state index contributed by atoms with van der Waals surface area (Å²) >= 11 is 12.2. The Hall–Kier alpha value is -3.14. The highest BCUT2D eigenvalue weighted by molar-refractivity contribution is 6.31. The molecule has 9 nitrogen and oxygen atoms in total. The standard InChI is InChI=1S/C29H33Cl2N5O4/c30-22-7-8-23-24(17-22)33-19-35(28(23)39)18-29(40)10-14-34(15-11-29)26(37)5-1-2-12-32-27(38)21-6-9-25-20(16-21)4-3-13-36(25)31/h6-9,16-17,19,40H,1-5,10-15,18H2,(H,32,38). The molecule has 1 aromatic heterocycles. The van der Waals surface area contributed by atoms with Crippen molar-refractivity contribution in [1.82, 2.24) is 19.8 Å². The number of hydrogen-bond donors (Lipinski definition) is 2. The number of carbonyl (C=O) groups excluding carboxylic acids is 2. The van der Waals surface area contributed by atoms with Gasteiger partial charge in [0.25, 0.3) is 11.5 Å². The van der Waals surface area contributed by atoms with Crippen LogP contribution < -0.4 is 15.3 Å². The number of rotatable bonds is 8. The lowest BCUT2D eigenvalue weighted by Gasteiger charge is -2.38. The summed E-state index contributed by atoms with van der Waals surface area (Å²) in [7, 11) is 0. The fourth-order valence-electron chi connectivity index (χ4n) is 5.45. The number of unbranched alkanes of at least 4 members (excludes halogenated alkanes) is 1. The van der Waals surface area contributed by atoms with Crippen LogP contribution in [-0.4, -0.2) is 63.2 Å². The molecule has 0 saturated carbocycles. The second-order valence-electron chi connectivity index (χ2n) is 10.7. The van der Waals surface area contributed by atoms with E-state index < -0.39 is 5.60 Å². The first-order valence-corrected chi connectivity index (χ1v) is 14.4. The number of anilines is 1. The molecule has 2 aliphatic rings. The number of aryl methyl sites for hydroxylation is 1. The Bertz CT molecular complexity index is 1470. The first-order valence-electron chi connectivity index (χ1n) is 13.7. The predicted octanol–water partition coefficient (Wildman–Crippen LogP) is 3.91. The molecule has 2 amide bonds. The number of piperidine rings is 1. The highest BCUT2D eigenvalue weighted by Gasteiger charge is 2.34. The number of likely N-dealkylation sites (tertiary alicyclic amines) is 1. The molecule has 212 valence electrons. The van der Waals surface area contributed by atoms with Gasteiger partial charge in [0.05, 0.1) is 35.1 Å². The quantitative estimate of drug-likeness (QED) is 0.306. The number of aromatic nitrogens is 2. The molecule has 1 saturated heterocycles. The van der Waals surface area contributed by atoms with Gasteiger partial charge in [-0.05, 0) is 80.5 Å². The molecular weight excluding hydrogens is 553 g/mol. The number of aliphatic hydroxyl groups is 1. The van der Waals surface area contributed by atoms with Crippen LogP contribution in [0.25, 0.3) is 10.9 Å². The second-order valence-corrected chi connectivity index (χ2v) is 11.5. The van der Waals surface area contributed by atoms with Crippen LogP contribution in [0.15, 0.2) is 47.5 Å². The van der Waals surface area contributed by atoms with E-state index >= 15 is 0 Å². The minimum Gasteiger partial charge on any atom is -0.388 e. The monoisotopic (exact) mass is 585 g/mol. The summed E-state index contributed by atoms with van der Waals surface area (Å²) in [6, 6.07) is 10.5. The van der Waals surface area contributed by atoms with Crippen LogP contribution in [0, 0.1) is 0 Å². The molecule has 0 atom stereocenters. The van der Waals surface area contributed by atoms with Crippen molar-refractivity contribution < 1.29 is 14.7 Å². The van der Waals surface area contributed by atoms with Gasteiger partial charge in [0.15, 0.2) is 0 Å². The SMILES string of the molecule is O=C(NCCCCC(=O)N1CCC(O)(Cn2cnc3cc(Cl)ccc3c2=O)CC1)c1ccc2c(c1)CCCN2Cl. The number of hydrogen-bond acceptors (Lipinski definition) is 6. The third kappa shape index (κ3) is 6.43. The summed E-state index contributed by atoms with van der Waals surface area (Å²) < 4.78 is 3.12. The molecule has 3 aromatic rings. The van der Waals surface area contributed by atoms with Crippen molar-refractivity contribution in [2.45, 2.75) is 57.1 Å². The molecule has 5 rings (SSSR count). The number of nitrogens with zero attached hydrogens (tertiary/aromatic N) is 4. The van der Waals surface area contributed by atoms with Gasteiger partial charge in [-0.3, -0.25) is 23.4 Å². The van der Waals surface area contributed by atoms with Crippen molar-refractivity contribution in [2.24, 2.45) is 0 Å². The summed E-state index contributed by atoms with van der Waals surface area (Å²) in [5.41, 5.74) is 1.86. The maximum atomic E-state index is 12.9. The molecule has 2 aliphatic heterocycles. The van der Waals surface area contributed by atoms with Crippen molar-refractivity contribution in [3.63, 3.8) is 0 Å². The van der Waals surface area contributed by atoms with E-state index in [4.69, 9.17) is 23.4 Å². The number of benzene rings is 2. The van der Waals surface area contributed by atoms with Gasteiger partial charge in [0, 0.05) is 55.0 Å². The maximum Gasteiger partial charge on any atom is 0.261 e. The average Bonchev–Trinajstić information content (AvgIpc) is 2.94. The highest BCUT2D eigenvalue weighted by atomic mass is 35.5. The summed E-state index contributed by atoms with van der Waals surface area (Å²) in [5.74, 6) is -0.0873. The van der Waals surface area contributed by atoms with Crippen molar-refractivity contribution in [3.8, 4) is 0 Å². The zero-order valence-corrected chi connectivity index (χ0v) is 23.8. The number of halogens is 2. The summed E-state index contributed by atoms with van der Waals surface area (Å²) in [4.78, 5) is 44.2. The molecule has 1 fully saturated rings. The molecule has 0 unspecified atom stereocenters. The molecule has 0 bridgehead atoms. The van der Waals surface area contributed by atoms with E-state index in [-0.39, 0.29) is 23.9 Å². The molecule has 2 aromatic carbocycles. The Labute approximate surface area is 242 Å². The fourth-order valence-corrected chi connectivity index (χ4v) is 5.90. The average molecular weight is 587 g/mol. The molecular formula is C29H33Cl2N5O4. The van der Waals surface area contributed by atoms with Crippen molar-refractivity contribution >= 4 is 51.8 Å².